The number of aromatic amines is 1. The van der Waals surface area contributed by atoms with Gasteiger partial charge in [0.05, 0.1) is 29.7 Å². The molecule has 1 aliphatic heterocycles. The van der Waals surface area contributed by atoms with Crippen molar-refractivity contribution in [1.82, 2.24) is 19.8 Å². The summed E-state index contributed by atoms with van der Waals surface area (Å²) in [5.74, 6) is 1.90. The van der Waals surface area contributed by atoms with Crippen molar-refractivity contribution in [2.75, 3.05) is 26.2 Å². The molecule has 2 heterocycles. The summed E-state index contributed by atoms with van der Waals surface area (Å²) in [6.45, 7) is 3.39. The molecule has 3 aliphatic rings. The van der Waals surface area contributed by atoms with Gasteiger partial charge in [0.15, 0.2) is 0 Å². The van der Waals surface area contributed by atoms with Crippen LogP contribution in [-0.4, -0.2) is 51.9 Å². The van der Waals surface area contributed by atoms with Crippen LogP contribution >= 0.6 is 0 Å². The van der Waals surface area contributed by atoms with Crippen LogP contribution in [0.3, 0.4) is 0 Å². The first-order chi connectivity index (χ1) is 17.7. The van der Waals surface area contributed by atoms with Crippen molar-refractivity contribution >= 4 is 5.91 Å². The smallest absolute Gasteiger partial charge is 0.226 e. The summed E-state index contributed by atoms with van der Waals surface area (Å²) in [5.41, 5.74) is 3.01. The van der Waals surface area contributed by atoms with Gasteiger partial charge < -0.3 is 9.88 Å². The number of rotatable bonds is 7. The van der Waals surface area contributed by atoms with Crippen LogP contribution in [0.15, 0.2) is 36.8 Å². The SMILES string of the molecule is N#Cc1ccc(CC(c2cnc[nH]2)N2CCN(C(=O)C(C3CCCCC3)C3CCCCC3)CC2)cc1. The summed E-state index contributed by atoms with van der Waals surface area (Å²) < 4.78 is 0. The van der Waals surface area contributed by atoms with Gasteiger partial charge >= 0.3 is 0 Å². The lowest BCUT2D eigenvalue weighted by molar-refractivity contribution is -0.143. The van der Waals surface area contributed by atoms with Crippen LogP contribution < -0.4 is 0 Å². The van der Waals surface area contributed by atoms with E-state index in [1.54, 1.807) is 6.33 Å². The van der Waals surface area contributed by atoms with Crippen LogP contribution in [0.1, 0.15) is 87.1 Å². The number of piperazine rings is 1. The van der Waals surface area contributed by atoms with Crippen LogP contribution in [0.5, 0.6) is 0 Å². The second kappa shape index (κ2) is 12.1. The highest BCUT2D eigenvalue weighted by atomic mass is 16.2. The largest absolute Gasteiger partial charge is 0.347 e. The molecule has 3 fully saturated rings. The minimum Gasteiger partial charge on any atom is -0.347 e. The Labute approximate surface area is 216 Å². The van der Waals surface area contributed by atoms with Crippen molar-refractivity contribution in [3.63, 3.8) is 0 Å². The fourth-order valence-corrected chi connectivity index (χ4v) is 7.06. The number of hydrogen-bond acceptors (Lipinski definition) is 4. The van der Waals surface area contributed by atoms with Gasteiger partial charge in [0.25, 0.3) is 0 Å². The van der Waals surface area contributed by atoms with E-state index in [4.69, 9.17) is 5.26 Å². The zero-order valence-electron chi connectivity index (χ0n) is 21.6. The third-order valence-corrected chi connectivity index (χ3v) is 9.06. The van der Waals surface area contributed by atoms with Gasteiger partial charge in [0, 0.05) is 38.3 Å². The number of nitriles is 1. The molecule has 1 amide bonds. The maximum absolute atomic E-state index is 14.0. The maximum Gasteiger partial charge on any atom is 0.226 e. The van der Waals surface area contributed by atoms with Crippen molar-refractivity contribution in [3.8, 4) is 6.07 Å². The summed E-state index contributed by atoms with van der Waals surface area (Å²) in [6, 6.07) is 10.3. The number of carbonyl (C=O) groups is 1. The van der Waals surface area contributed by atoms with Gasteiger partial charge in [-0.15, -0.1) is 0 Å². The third kappa shape index (κ3) is 5.83. The van der Waals surface area contributed by atoms with Gasteiger partial charge in [-0.1, -0.05) is 50.7 Å². The van der Waals surface area contributed by atoms with E-state index in [0.29, 0.717) is 23.3 Å². The molecule has 2 aromatic rings. The van der Waals surface area contributed by atoms with Crippen molar-refractivity contribution in [1.29, 1.82) is 5.26 Å². The minimum atomic E-state index is 0.185. The zero-order valence-corrected chi connectivity index (χ0v) is 21.6. The maximum atomic E-state index is 14.0. The Morgan fingerprint density at radius 3 is 2.08 bits per heavy atom. The highest BCUT2D eigenvalue weighted by molar-refractivity contribution is 5.79. The van der Waals surface area contributed by atoms with E-state index in [0.717, 1.165) is 38.3 Å². The Balaban J connectivity index is 1.26. The lowest BCUT2D eigenvalue weighted by Gasteiger charge is -2.43. The predicted octanol–water partition coefficient (Wildman–Crippen LogP) is 5.49. The summed E-state index contributed by atoms with van der Waals surface area (Å²) in [7, 11) is 0. The number of amides is 1. The summed E-state index contributed by atoms with van der Waals surface area (Å²) in [5, 5.41) is 9.14. The molecule has 36 heavy (non-hydrogen) atoms. The molecule has 1 aromatic heterocycles. The average Bonchev–Trinajstić information content (AvgIpc) is 3.48. The topological polar surface area (TPSA) is 76.0 Å². The number of benzene rings is 1. The van der Waals surface area contributed by atoms with Gasteiger partial charge in [-0.05, 0) is 61.6 Å². The predicted molar refractivity (Wildman–Crippen MR) is 141 cm³/mol. The van der Waals surface area contributed by atoms with Gasteiger partial charge in [0.2, 0.25) is 5.91 Å². The van der Waals surface area contributed by atoms with Gasteiger partial charge in [-0.25, -0.2) is 4.98 Å². The molecular formula is C30H41N5O. The number of H-pyrrole nitrogens is 1. The van der Waals surface area contributed by atoms with E-state index < -0.39 is 0 Å². The number of hydrogen-bond donors (Lipinski definition) is 1. The van der Waals surface area contributed by atoms with Gasteiger partial charge in [-0.2, -0.15) is 5.26 Å². The molecule has 5 rings (SSSR count). The fourth-order valence-electron chi connectivity index (χ4n) is 7.06. The van der Waals surface area contributed by atoms with Crippen molar-refractivity contribution in [3.05, 3.63) is 53.6 Å². The molecule has 1 aromatic carbocycles. The second-order valence-electron chi connectivity index (χ2n) is 11.2. The van der Waals surface area contributed by atoms with Crippen LogP contribution in [-0.2, 0) is 11.2 Å². The highest BCUT2D eigenvalue weighted by Gasteiger charge is 2.39. The Kier molecular flexibility index (Phi) is 8.38. The van der Waals surface area contributed by atoms with Gasteiger partial charge in [-0.3, -0.25) is 9.69 Å². The molecular weight excluding hydrogens is 446 g/mol. The average molecular weight is 488 g/mol. The zero-order chi connectivity index (χ0) is 24.7. The minimum absolute atomic E-state index is 0.185. The molecule has 1 unspecified atom stereocenters. The summed E-state index contributed by atoms with van der Waals surface area (Å²) in [6.07, 6.45) is 17.4. The fraction of sp³-hybridized carbons (Fsp3) is 0.633. The third-order valence-electron chi connectivity index (χ3n) is 9.06. The monoisotopic (exact) mass is 487 g/mol. The van der Waals surface area contributed by atoms with Crippen LogP contribution in [0.2, 0.25) is 0 Å². The lowest BCUT2D eigenvalue weighted by Crippen LogP contribution is -2.53. The first-order valence-electron chi connectivity index (χ1n) is 14.2. The number of imidazole rings is 1. The van der Waals surface area contributed by atoms with Gasteiger partial charge in [0.1, 0.15) is 0 Å². The molecule has 1 N–H and O–H groups in total. The van der Waals surface area contributed by atoms with E-state index in [2.05, 4.69) is 38.0 Å². The number of aromatic nitrogens is 2. The first-order valence-corrected chi connectivity index (χ1v) is 14.2. The van der Waals surface area contributed by atoms with E-state index in [9.17, 15) is 4.79 Å². The first kappa shape index (κ1) is 25.0. The van der Waals surface area contributed by atoms with Crippen LogP contribution in [0, 0.1) is 29.1 Å². The Morgan fingerprint density at radius 2 is 1.56 bits per heavy atom. The molecule has 0 spiro atoms. The van der Waals surface area contributed by atoms with Crippen molar-refractivity contribution in [2.45, 2.75) is 76.7 Å². The number of carbonyl (C=O) groups excluding carboxylic acids is 1. The number of nitrogens with zero attached hydrogens (tertiary/aromatic N) is 4. The Hall–Kier alpha value is -2.65. The van der Waals surface area contributed by atoms with Crippen molar-refractivity contribution < 1.29 is 4.79 Å². The van der Waals surface area contributed by atoms with Crippen molar-refractivity contribution in [2.24, 2.45) is 17.8 Å². The molecule has 0 bridgehead atoms. The van der Waals surface area contributed by atoms with E-state index >= 15 is 0 Å². The molecule has 1 atom stereocenters. The van der Waals surface area contributed by atoms with E-state index in [1.807, 2.05) is 18.3 Å². The molecule has 6 heteroatoms. The summed E-state index contributed by atoms with van der Waals surface area (Å²) in [4.78, 5) is 26.3. The molecule has 0 radical (unpaired) electrons. The number of nitrogens with one attached hydrogen (secondary N) is 1. The van der Waals surface area contributed by atoms with Crippen LogP contribution in [0.25, 0.3) is 0 Å². The Morgan fingerprint density at radius 1 is 0.944 bits per heavy atom. The molecule has 6 nitrogen and oxygen atoms in total. The lowest BCUT2D eigenvalue weighted by atomic mass is 9.69. The normalized spacial score (nSPS) is 21.4. The summed E-state index contributed by atoms with van der Waals surface area (Å²) >= 11 is 0. The molecule has 2 saturated carbocycles. The van der Waals surface area contributed by atoms with E-state index in [1.165, 1.54) is 69.8 Å². The molecule has 192 valence electrons. The van der Waals surface area contributed by atoms with E-state index in [-0.39, 0.29) is 12.0 Å². The second-order valence-corrected chi connectivity index (χ2v) is 11.2. The molecule has 1 saturated heterocycles. The highest BCUT2D eigenvalue weighted by Crippen LogP contribution is 2.41. The molecule has 2 aliphatic carbocycles. The Bertz CT molecular complexity index is 973. The van der Waals surface area contributed by atoms with Crippen LogP contribution in [0.4, 0.5) is 0 Å². The quantitative estimate of drug-likeness (QED) is 0.561. The standard InChI is InChI=1S/C30H41N5O/c31-20-24-13-11-23(12-14-24)19-28(27-21-32-22-33-27)34-15-17-35(18-16-34)30(36)29(25-7-3-1-4-8-25)26-9-5-2-6-10-26/h11-14,21-22,25-26,28-29H,1-10,15-19H2,(H,32,33).